The van der Waals surface area contributed by atoms with Gasteiger partial charge in [0, 0.05) is 12.8 Å². The Bertz CT molecular complexity index is 460. The van der Waals surface area contributed by atoms with Gasteiger partial charge in [-0.1, -0.05) is 0 Å². The highest BCUT2D eigenvalue weighted by Gasteiger charge is 2.82. The molecule has 9 aliphatic rings. The zero-order valence-electron chi connectivity index (χ0n) is 9.97. The third-order valence-corrected chi connectivity index (χ3v) is 8.18. The highest BCUT2D eigenvalue weighted by atomic mass is 16.6. The first-order valence-corrected chi connectivity index (χ1v) is 7.65. The van der Waals surface area contributed by atoms with E-state index in [9.17, 15) is 0 Å². The zero-order valence-corrected chi connectivity index (χ0v) is 9.97. The molecule has 5 aliphatic carbocycles. The summed E-state index contributed by atoms with van der Waals surface area (Å²) >= 11 is 0. The molecule has 9 rings (SSSR count). The molecule has 10 unspecified atom stereocenters. The summed E-state index contributed by atoms with van der Waals surface area (Å²) in [4.78, 5) is 0. The maximum atomic E-state index is 6.27. The molecule has 0 N–H and O–H groups in total. The van der Waals surface area contributed by atoms with Gasteiger partial charge in [0.25, 0.3) is 0 Å². The molecule has 0 aromatic heterocycles. The molecule has 6 bridgehead atoms. The van der Waals surface area contributed by atoms with E-state index >= 15 is 0 Å². The Morgan fingerprint density at radius 2 is 1.47 bits per heavy atom. The van der Waals surface area contributed by atoms with Crippen LogP contribution < -0.4 is 0 Å². The second-order valence-electron chi connectivity index (χ2n) is 8.20. The molecule has 2 heteroatoms. The SMILES string of the molecule is C1C2C3CC4(CC3O4)C2C2C3CC4(CC3O4)C12. The predicted octanol–water partition coefficient (Wildman–Crippen LogP) is 1.98. The van der Waals surface area contributed by atoms with Crippen LogP contribution in [0.1, 0.15) is 32.1 Å². The molecular formula is C15H18O2. The van der Waals surface area contributed by atoms with Crippen molar-refractivity contribution in [3.05, 3.63) is 0 Å². The third kappa shape index (κ3) is 0.565. The molecule has 0 aromatic rings. The van der Waals surface area contributed by atoms with Gasteiger partial charge in [0.05, 0.1) is 23.4 Å². The van der Waals surface area contributed by atoms with Gasteiger partial charge < -0.3 is 9.47 Å². The maximum Gasteiger partial charge on any atom is 0.0748 e. The van der Waals surface area contributed by atoms with Crippen LogP contribution >= 0.6 is 0 Å². The molecule has 2 spiro atoms. The minimum Gasteiger partial charge on any atom is -0.371 e. The summed E-state index contributed by atoms with van der Waals surface area (Å²) < 4.78 is 12.5. The summed E-state index contributed by atoms with van der Waals surface area (Å²) in [5.74, 6) is 5.85. The first-order valence-electron chi connectivity index (χ1n) is 7.65. The zero-order chi connectivity index (χ0) is 10.6. The van der Waals surface area contributed by atoms with Gasteiger partial charge in [0.1, 0.15) is 0 Å². The molecule has 4 saturated heterocycles. The quantitative estimate of drug-likeness (QED) is 0.633. The Kier molecular flexibility index (Phi) is 0.924. The second kappa shape index (κ2) is 1.92. The van der Waals surface area contributed by atoms with E-state index in [0.29, 0.717) is 23.4 Å². The van der Waals surface area contributed by atoms with Crippen molar-refractivity contribution in [2.75, 3.05) is 0 Å². The van der Waals surface area contributed by atoms with Crippen molar-refractivity contribution in [1.29, 1.82) is 0 Å². The highest BCUT2D eigenvalue weighted by molar-refractivity contribution is 5.30. The molecule has 9 fully saturated rings. The van der Waals surface area contributed by atoms with Crippen molar-refractivity contribution in [2.45, 2.75) is 55.5 Å². The van der Waals surface area contributed by atoms with Crippen LogP contribution in [0.2, 0.25) is 0 Å². The normalized spacial score (nSPS) is 83.3. The van der Waals surface area contributed by atoms with Gasteiger partial charge in [-0.25, -0.2) is 0 Å². The topological polar surface area (TPSA) is 18.5 Å². The molecule has 0 aromatic carbocycles. The fraction of sp³-hybridized carbons (Fsp3) is 1.00. The lowest BCUT2D eigenvalue weighted by Crippen LogP contribution is -2.58. The molecule has 2 nitrogen and oxygen atoms in total. The number of ether oxygens (including phenoxy) is 2. The smallest absolute Gasteiger partial charge is 0.0748 e. The minimum atomic E-state index is 0.394. The highest BCUT2D eigenvalue weighted by Crippen LogP contribution is 2.80. The average molecular weight is 230 g/mol. The molecule has 90 valence electrons. The third-order valence-electron chi connectivity index (χ3n) is 8.18. The van der Waals surface area contributed by atoms with E-state index in [1.54, 1.807) is 0 Å². The van der Waals surface area contributed by atoms with Crippen LogP contribution in [-0.4, -0.2) is 23.4 Å². The van der Waals surface area contributed by atoms with E-state index in [4.69, 9.17) is 9.47 Å². The van der Waals surface area contributed by atoms with E-state index in [2.05, 4.69) is 0 Å². The van der Waals surface area contributed by atoms with Gasteiger partial charge in [-0.15, -0.1) is 0 Å². The van der Waals surface area contributed by atoms with Crippen molar-refractivity contribution in [3.63, 3.8) is 0 Å². The summed E-state index contributed by atoms with van der Waals surface area (Å²) in [5, 5.41) is 0. The molecule has 4 aliphatic heterocycles. The van der Waals surface area contributed by atoms with Crippen molar-refractivity contribution in [3.8, 4) is 0 Å². The van der Waals surface area contributed by atoms with Gasteiger partial charge in [0.15, 0.2) is 0 Å². The molecule has 5 saturated carbocycles. The van der Waals surface area contributed by atoms with Crippen LogP contribution in [0, 0.1) is 35.5 Å². The van der Waals surface area contributed by atoms with Crippen LogP contribution in [0.3, 0.4) is 0 Å². The molecular weight excluding hydrogens is 212 g/mol. The summed E-state index contributed by atoms with van der Waals surface area (Å²) in [6.07, 6.45) is 8.54. The fourth-order valence-electron chi connectivity index (χ4n) is 8.06. The Hall–Kier alpha value is -0.0800. The molecule has 17 heavy (non-hydrogen) atoms. The number of rotatable bonds is 0. The van der Waals surface area contributed by atoms with E-state index in [1.807, 2.05) is 0 Å². The summed E-state index contributed by atoms with van der Waals surface area (Å²) in [5.41, 5.74) is 0.789. The summed E-state index contributed by atoms with van der Waals surface area (Å²) in [6, 6.07) is 0. The van der Waals surface area contributed by atoms with Gasteiger partial charge in [-0.2, -0.15) is 0 Å². The van der Waals surface area contributed by atoms with Crippen molar-refractivity contribution in [1.82, 2.24) is 0 Å². The van der Waals surface area contributed by atoms with Crippen LogP contribution in [0.4, 0.5) is 0 Å². The van der Waals surface area contributed by atoms with Gasteiger partial charge in [-0.3, -0.25) is 0 Å². The lowest BCUT2D eigenvalue weighted by molar-refractivity contribution is -0.252. The maximum absolute atomic E-state index is 6.27. The number of hydrogen-bond donors (Lipinski definition) is 0. The van der Waals surface area contributed by atoms with E-state index < -0.39 is 0 Å². The van der Waals surface area contributed by atoms with Crippen molar-refractivity contribution < 1.29 is 9.47 Å². The Morgan fingerprint density at radius 3 is 2.35 bits per heavy atom. The van der Waals surface area contributed by atoms with E-state index in [0.717, 1.165) is 35.5 Å². The Balaban J connectivity index is 1.43. The van der Waals surface area contributed by atoms with Crippen LogP contribution in [0.25, 0.3) is 0 Å². The van der Waals surface area contributed by atoms with Gasteiger partial charge in [0.2, 0.25) is 0 Å². The van der Waals surface area contributed by atoms with Gasteiger partial charge >= 0.3 is 0 Å². The molecule has 0 radical (unpaired) electrons. The minimum absolute atomic E-state index is 0.394. The lowest BCUT2D eigenvalue weighted by atomic mass is 9.65. The Morgan fingerprint density at radius 1 is 0.765 bits per heavy atom. The van der Waals surface area contributed by atoms with Crippen LogP contribution in [0.15, 0.2) is 0 Å². The Labute approximate surface area is 101 Å². The fourth-order valence-corrected chi connectivity index (χ4v) is 8.06. The van der Waals surface area contributed by atoms with Crippen LogP contribution in [0.5, 0.6) is 0 Å². The van der Waals surface area contributed by atoms with E-state index in [-0.39, 0.29) is 0 Å². The second-order valence-corrected chi connectivity index (χ2v) is 8.20. The summed E-state index contributed by atoms with van der Waals surface area (Å²) in [7, 11) is 0. The van der Waals surface area contributed by atoms with E-state index in [1.165, 1.54) is 32.1 Å². The predicted molar refractivity (Wildman–Crippen MR) is 59.2 cm³/mol. The summed E-state index contributed by atoms with van der Waals surface area (Å²) in [6.45, 7) is 0. The average Bonchev–Trinajstić information content (AvgIpc) is 3.00. The standard InChI is InChI=1S/C15H18O2/c1-6-7-2-15(5-10(7)17-15)13(6)12-8-3-14(9(1)12)4-11(8)16-14/h6-13H,1-5H2. The first-order chi connectivity index (χ1) is 8.30. The monoisotopic (exact) mass is 230 g/mol. The van der Waals surface area contributed by atoms with Crippen LogP contribution in [-0.2, 0) is 9.47 Å². The lowest BCUT2D eigenvalue weighted by Gasteiger charge is -2.54. The number of hydrogen-bond acceptors (Lipinski definition) is 2. The molecule has 10 atom stereocenters. The van der Waals surface area contributed by atoms with Gasteiger partial charge in [-0.05, 0) is 54.8 Å². The van der Waals surface area contributed by atoms with Crippen molar-refractivity contribution in [2.24, 2.45) is 35.5 Å². The first kappa shape index (κ1) is 8.16. The largest absolute Gasteiger partial charge is 0.371 e. The molecule has 4 heterocycles. The molecule has 0 amide bonds. The van der Waals surface area contributed by atoms with Crippen molar-refractivity contribution >= 4 is 0 Å². The number of fused-ring (bicyclic) bond motifs is 3.